The van der Waals surface area contributed by atoms with E-state index in [9.17, 15) is 18.0 Å². The zero-order valence-electron chi connectivity index (χ0n) is 17.4. The minimum atomic E-state index is -4.80. The molecule has 0 unspecified atom stereocenters. The average Bonchev–Trinajstić information content (AvgIpc) is 3.44. The second kappa shape index (κ2) is 8.37. The highest BCUT2D eigenvalue weighted by Crippen LogP contribution is 2.42. The van der Waals surface area contributed by atoms with Gasteiger partial charge in [-0.15, -0.1) is 0 Å². The molecule has 0 atom stereocenters. The summed E-state index contributed by atoms with van der Waals surface area (Å²) in [6.45, 7) is 1.57. The molecule has 0 amide bonds. The van der Waals surface area contributed by atoms with Gasteiger partial charge in [0, 0.05) is 31.4 Å². The monoisotopic (exact) mass is 471 g/mol. The lowest BCUT2D eigenvalue weighted by atomic mass is 9.99. The van der Waals surface area contributed by atoms with E-state index in [1.165, 1.54) is 18.3 Å². The van der Waals surface area contributed by atoms with Crippen LogP contribution in [-0.2, 0) is 17.5 Å². The number of carboxylic acid groups (broad SMARTS) is 1. The Bertz CT molecular complexity index is 1310. The zero-order chi connectivity index (χ0) is 23.9. The van der Waals surface area contributed by atoms with Gasteiger partial charge in [0.2, 0.25) is 5.82 Å². The molecule has 34 heavy (non-hydrogen) atoms. The van der Waals surface area contributed by atoms with Crippen LogP contribution in [0.4, 0.5) is 13.2 Å². The van der Waals surface area contributed by atoms with Gasteiger partial charge in [-0.25, -0.2) is 0 Å². The number of carbonyl (C=O) groups is 1. The minimum absolute atomic E-state index is 0.0271. The number of hydrogen-bond acceptors (Lipinski definition) is 8. The van der Waals surface area contributed by atoms with Crippen molar-refractivity contribution in [3.8, 4) is 34.4 Å². The second-order valence-electron chi connectivity index (χ2n) is 7.80. The molecule has 1 saturated heterocycles. The largest absolute Gasteiger partial charge is 0.481 e. The molecule has 0 radical (unpaired) electrons. The van der Waals surface area contributed by atoms with Crippen LogP contribution in [-0.4, -0.2) is 49.3 Å². The molecule has 1 N–H and O–H groups in total. The molecule has 9 nitrogen and oxygen atoms in total. The summed E-state index contributed by atoms with van der Waals surface area (Å²) in [5.41, 5.74) is -0.305. The molecule has 174 valence electrons. The first-order chi connectivity index (χ1) is 16.3. The number of nitrogens with zero attached hydrogens (tertiary/aromatic N) is 5. The van der Waals surface area contributed by atoms with Crippen molar-refractivity contribution >= 4 is 5.97 Å². The average molecular weight is 471 g/mol. The summed E-state index contributed by atoms with van der Waals surface area (Å²) < 4.78 is 51.6. The van der Waals surface area contributed by atoms with Gasteiger partial charge in [-0.05, 0) is 17.7 Å². The molecule has 4 aromatic rings. The highest BCUT2D eigenvalue weighted by molar-refractivity contribution is 5.71. The van der Waals surface area contributed by atoms with Crippen molar-refractivity contribution < 1.29 is 32.1 Å². The molecule has 1 aliphatic rings. The number of carboxylic acids is 1. The van der Waals surface area contributed by atoms with E-state index in [4.69, 9.17) is 14.2 Å². The molecular weight excluding hydrogens is 455 g/mol. The highest BCUT2D eigenvalue weighted by atomic mass is 19.4. The maximum atomic E-state index is 13.8. The van der Waals surface area contributed by atoms with E-state index in [1.807, 2.05) is 17.0 Å². The molecule has 1 aliphatic heterocycles. The van der Waals surface area contributed by atoms with Crippen LogP contribution in [0.15, 0.2) is 57.7 Å². The summed E-state index contributed by atoms with van der Waals surface area (Å²) in [5, 5.41) is 16.3. The van der Waals surface area contributed by atoms with E-state index in [1.54, 1.807) is 18.2 Å². The second-order valence-corrected chi connectivity index (χ2v) is 7.80. The number of benzene rings is 1. The number of aliphatic carboxylic acids is 1. The number of halogens is 3. The standard InChI is InChI=1S/C22H16F3N5O4/c23-22(24,25)16-17(28-33-18(16)15-3-1-2-8-26-15)20-27-19(29-34-20)13-6-4-12(5-7-13)9-30-10-14(11-30)21(31)32/h1-8,14H,9-11H2,(H,31,32). The maximum absolute atomic E-state index is 13.8. The molecule has 5 rings (SSSR count). The quantitative estimate of drug-likeness (QED) is 0.445. The molecule has 0 spiro atoms. The fourth-order valence-electron chi connectivity index (χ4n) is 3.68. The topological polar surface area (TPSA) is 118 Å². The summed E-state index contributed by atoms with van der Waals surface area (Å²) in [4.78, 5) is 20.9. The maximum Gasteiger partial charge on any atom is 0.422 e. The predicted octanol–water partition coefficient (Wildman–Crippen LogP) is 3.99. The first-order valence-electron chi connectivity index (χ1n) is 10.2. The third kappa shape index (κ3) is 4.15. The van der Waals surface area contributed by atoms with Gasteiger partial charge in [0.15, 0.2) is 11.5 Å². The lowest BCUT2D eigenvalue weighted by Crippen LogP contribution is -2.49. The Balaban J connectivity index is 1.37. The Labute approximate surface area is 189 Å². The van der Waals surface area contributed by atoms with Gasteiger partial charge in [0.1, 0.15) is 11.3 Å². The van der Waals surface area contributed by atoms with E-state index < -0.39 is 35.1 Å². The van der Waals surface area contributed by atoms with E-state index >= 15 is 0 Å². The number of likely N-dealkylation sites (tertiary alicyclic amines) is 1. The number of aromatic nitrogens is 4. The van der Waals surface area contributed by atoms with Crippen LogP contribution < -0.4 is 0 Å². The minimum Gasteiger partial charge on any atom is -0.481 e. The summed E-state index contributed by atoms with van der Waals surface area (Å²) in [7, 11) is 0. The molecule has 0 aliphatic carbocycles. The van der Waals surface area contributed by atoms with Gasteiger partial charge in [-0.1, -0.05) is 40.6 Å². The molecule has 0 saturated carbocycles. The van der Waals surface area contributed by atoms with Crippen molar-refractivity contribution in [2.75, 3.05) is 13.1 Å². The fourth-order valence-corrected chi connectivity index (χ4v) is 3.68. The van der Waals surface area contributed by atoms with Crippen molar-refractivity contribution in [3.63, 3.8) is 0 Å². The Hall–Kier alpha value is -4.06. The Morgan fingerprint density at radius 1 is 1.09 bits per heavy atom. The molecule has 1 fully saturated rings. The molecule has 1 aromatic carbocycles. The highest BCUT2D eigenvalue weighted by Gasteiger charge is 2.43. The molecule has 12 heteroatoms. The number of alkyl halides is 3. The Morgan fingerprint density at radius 3 is 2.50 bits per heavy atom. The van der Waals surface area contributed by atoms with Crippen LogP contribution in [0, 0.1) is 5.92 Å². The van der Waals surface area contributed by atoms with Crippen molar-refractivity contribution in [1.29, 1.82) is 0 Å². The smallest absolute Gasteiger partial charge is 0.422 e. The van der Waals surface area contributed by atoms with Crippen LogP contribution in [0.2, 0.25) is 0 Å². The van der Waals surface area contributed by atoms with Crippen molar-refractivity contribution in [2.24, 2.45) is 5.92 Å². The van der Waals surface area contributed by atoms with E-state index in [-0.39, 0.29) is 17.4 Å². The summed E-state index contributed by atoms with van der Waals surface area (Å²) in [6.07, 6.45) is -3.45. The van der Waals surface area contributed by atoms with Gasteiger partial charge in [0.25, 0.3) is 5.89 Å². The van der Waals surface area contributed by atoms with E-state index in [0.717, 1.165) is 5.56 Å². The van der Waals surface area contributed by atoms with Crippen LogP contribution in [0.3, 0.4) is 0 Å². The Morgan fingerprint density at radius 2 is 1.85 bits per heavy atom. The molecule has 3 aromatic heterocycles. The van der Waals surface area contributed by atoms with E-state index in [2.05, 4.69) is 20.3 Å². The van der Waals surface area contributed by atoms with Crippen LogP contribution in [0.1, 0.15) is 11.1 Å². The molecule has 4 heterocycles. The van der Waals surface area contributed by atoms with Gasteiger partial charge in [-0.2, -0.15) is 18.2 Å². The first kappa shape index (κ1) is 21.8. The van der Waals surface area contributed by atoms with Crippen LogP contribution in [0.25, 0.3) is 34.4 Å². The number of pyridine rings is 1. The van der Waals surface area contributed by atoms with E-state index in [0.29, 0.717) is 25.2 Å². The first-order valence-corrected chi connectivity index (χ1v) is 10.2. The zero-order valence-corrected chi connectivity index (χ0v) is 17.4. The summed E-state index contributed by atoms with van der Waals surface area (Å²) in [6, 6.07) is 11.5. The van der Waals surface area contributed by atoms with Gasteiger partial charge < -0.3 is 14.2 Å². The number of hydrogen-bond donors (Lipinski definition) is 1. The third-order valence-corrected chi connectivity index (χ3v) is 5.43. The summed E-state index contributed by atoms with van der Waals surface area (Å²) in [5.74, 6) is -2.02. The van der Waals surface area contributed by atoms with Gasteiger partial charge in [0.05, 0.1) is 5.92 Å². The van der Waals surface area contributed by atoms with Gasteiger partial charge >= 0.3 is 12.1 Å². The Kier molecular flexibility index (Phi) is 5.36. The summed E-state index contributed by atoms with van der Waals surface area (Å²) >= 11 is 0. The third-order valence-electron chi connectivity index (χ3n) is 5.43. The SMILES string of the molecule is O=C(O)C1CN(Cc2ccc(-c3noc(-c4noc(-c5ccccn5)c4C(F)(F)F)n3)cc2)C1. The van der Waals surface area contributed by atoms with Crippen LogP contribution in [0.5, 0.6) is 0 Å². The molecular formula is C22H16F3N5O4. The van der Waals surface area contributed by atoms with Crippen LogP contribution >= 0.6 is 0 Å². The van der Waals surface area contributed by atoms with Crippen molar-refractivity contribution in [3.05, 3.63) is 59.8 Å². The predicted molar refractivity (Wildman–Crippen MR) is 110 cm³/mol. The van der Waals surface area contributed by atoms with Crippen molar-refractivity contribution in [1.82, 2.24) is 25.2 Å². The molecule has 0 bridgehead atoms. The normalized spacial score (nSPS) is 14.8. The lowest BCUT2D eigenvalue weighted by molar-refractivity contribution is -0.147. The van der Waals surface area contributed by atoms with Gasteiger partial charge in [-0.3, -0.25) is 14.7 Å². The lowest BCUT2D eigenvalue weighted by Gasteiger charge is -2.36. The number of rotatable bonds is 6. The fraction of sp³-hybridized carbons (Fsp3) is 0.227. The van der Waals surface area contributed by atoms with Crippen molar-refractivity contribution in [2.45, 2.75) is 12.7 Å².